The molecule has 0 saturated carbocycles. The molecule has 1 aliphatic rings. The first-order chi connectivity index (χ1) is 8.63. The van der Waals surface area contributed by atoms with Crippen LogP contribution in [0.4, 0.5) is 4.39 Å². The van der Waals surface area contributed by atoms with E-state index in [4.69, 9.17) is 4.74 Å². The van der Waals surface area contributed by atoms with E-state index in [0.29, 0.717) is 36.2 Å². The summed E-state index contributed by atoms with van der Waals surface area (Å²) in [5.74, 6) is -0.372. The minimum atomic E-state index is -0.317. The average Bonchev–Trinajstić information content (AvgIpc) is 2.38. The number of hydrogen-bond donors (Lipinski definition) is 0. The summed E-state index contributed by atoms with van der Waals surface area (Å²) in [6.07, 6.45) is 0. The number of carbonyl (C=O) groups excluding carboxylic acids is 1. The van der Waals surface area contributed by atoms with Crippen LogP contribution >= 0.6 is 15.9 Å². The Morgan fingerprint density at radius 1 is 1.61 bits per heavy atom. The topological polar surface area (TPSA) is 29.5 Å². The summed E-state index contributed by atoms with van der Waals surface area (Å²) in [5, 5.41) is 0.680. The molecule has 0 N–H and O–H groups in total. The van der Waals surface area contributed by atoms with E-state index in [1.807, 2.05) is 0 Å². The smallest absolute Gasteiger partial charge is 0.254 e. The molecule has 3 nitrogen and oxygen atoms in total. The van der Waals surface area contributed by atoms with Gasteiger partial charge in [0.05, 0.1) is 19.3 Å². The molecule has 1 unspecified atom stereocenters. The molecule has 1 aliphatic heterocycles. The van der Waals surface area contributed by atoms with Gasteiger partial charge < -0.3 is 9.64 Å². The Morgan fingerprint density at radius 2 is 2.39 bits per heavy atom. The van der Waals surface area contributed by atoms with Gasteiger partial charge in [0.1, 0.15) is 5.82 Å². The van der Waals surface area contributed by atoms with Gasteiger partial charge in [-0.1, -0.05) is 15.9 Å². The number of morpholine rings is 1. The first-order valence-corrected chi connectivity index (χ1v) is 6.96. The Kier molecular flexibility index (Phi) is 4.35. The molecule has 0 aromatic heterocycles. The van der Waals surface area contributed by atoms with Crippen LogP contribution in [-0.2, 0) is 4.74 Å². The Labute approximate surface area is 114 Å². The highest BCUT2D eigenvalue weighted by atomic mass is 79.9. The maximum Gasteiger partial charge on any atom is 0.254 e. The van der Waals surface area contributed by atoms with Crippen LogP contribution in [-0.4, -0.2) is 41.9 Å². The average molecular weight is 316 g/mol. The van der Waals surface area contributed by atoms with Gasteiger partial charge >= 0.3 is 0 Å². The zero-order valence-corrected chi connectivity index (χ0v) is 11.7. The first kappa shape index (κ1) is 13.5. The van der Waals surface area contributed by atoms with Crippen LogP contribution in [0.5, 0.6) is 0 Å². The zero-order chi connectivity index (χ0) is 13.1. The van der Waals surface area contributed by atoms with Gasteiger partial charge in [0.15, 0.2) is 0 Å². The predicted octanol–water partition coefficient (Wildman–Crippen LogP) is 2.37. The third kappa shape index (κ3) is 2.72. The molecule has 1 atom stereocenters. The van der Waals surface area contributed by atoms with E-state index in [1.54, 1.807) is 17.9 Å². The van der Waals surface area contributed by atoms with Gasteiger partial charge in [-0.15, -0.1) is 0 Å². The highest BCUT2D eigenvalue weighted by molar-refractivity contribution is 9.09. The molecule has 0 bridgehead atoms. The number of alkyl halides is 1. The second-order valence-electron chi connectivity index (χ2n) is 4.34. The van der Waals surface area contributed by atoms with E-state index in [-0.39, 0.29) is 17.8 Å². The van der Waals surface area contributed by atoms with Crippen LogP contribution in [0.15, 0.2) is 18.2 Å². The van der Waals surface area contributed by atoms with E-state index in [2.05, 4.69) is 15.9 Å². The number of amides is 1. The fourth-order valence-electron chi connectivity index (χ4n) is 2.07. The maximum atomic E-state index is 13.0. The zero-order valence-electron chi connectivity index (χ0n) is 10.2. The molecule has 1 saturated heterocycles. The quantitative estimate of drug-likeness (QED) is 0.784. The first-order valence-electron chi connectivity index (χ1n) is 5.84. The number of halogens is 2. The molecule has 0 spiro atoms. The molecule has 5 heteroatoms. The lowest BCUT2D eigenvalue weighted by atomic mass is 10.1. The standard InChI is InChI=1S/C13H15BrFNO2/c1-9-6-10(15)2-3-12(9)13(17)16-4-5-18-8-11(16)7-14/h2-3,6,11H,4-5,7-8H2,1H3. The molecule has 0 radical (unpaired) electrons. The molecule has 0 aliphatic carbocycles. The van der Waals surface area contributed by atoms with Crippen molar-refractivity contribution in [3.8, 4) is 0 Å². The van der Waals surface area contributed by atoms with Crippen molar-refractivity contribution in [2.24, 2.45) is 0 Å². The number of hydrogen-bond acceptors (Lipinski definition) is 2. The molecule has 1 amide bonds. The molecule has 98 valence electrons. The van der Waals surface area contributed by atoms with Crippen molar-refractivity contribution in [3.63, 3.8) is 0 Å². The third-order valence-electron chi connectivity index (χ3n) is 3.09. The second kappa shape index (κ2) is 5.80. The van der Waals surface area contributed by atoms with Crippen LogP contribution in [0.25, 0.3) is 0 Å². The van der Waals surface area contributed by atoms with Crippen molar-refractivity contribution < 1.29 is 13.9 Å². The van der Waals surface area contributed by atoms with Gasteiger partial charge in [-0.05, 0) is 30.7 Å². The van der Waals surface area contributed by atoms with E-state index < -0.39 is 0 Å². The normalized spacial score (nSPS) is 19.9. The number of nitrogens with zero attached hydrogens (tertiary/aromatic N) is 1. The fourth-order valence-corrected chi connectivity index (χ4v) is 2.61. The Bertz CT molecular complexity index is 453. The number of aryl methyl sites for hydroxylation is 1. The minimum Gasteiger partial charge on any atom is -0.377 e. The molecule has 1 aromatic rings. The summed E-state index contributed by atoms with van der Waals surface area (Å²) >= 11 is 3.39. The number of benzene rings is 1. The van der Waals surface area contributed by atoms with Gasteiger partial charge in [0, 0.05) is 17.4 Å². The molecule has 1 heterocycles. The lowest BCUT2D eigenvalue weighted by molar-refractivity contribution is 0.00520. The number of carbonyl (C=O) groups is 1. The van der Waals surface area contributed by atoms with Crippen LogP contribution in [0.1, 0.15) is 15.9 Å². The predicted molar refractivity (Wildman–Crippen MR) is 70.6 cm³/mol. The van der Waals surface area contributed by atoms with Crippen molar-refractivity contribution in [1.82, 2.24) is 4.90 Å². The summed E-state index contributed by atoms with van der Waals surface area (Å²) in [7, 11) is 0. The van der Waals surface area contributed by atoms with Crippen molar-refractivity contribution in [2.45, 2.75) is 13.0 Å². The minimum absolute atomic E-state index is 0.0377. The van der Waals surface area contributed by atoms with Crippen LogP contribution in [0, 0.1) is 12.7 Å². The van der Waals surface area contributed by atoms with Crippen LogP contribution < -0.4 is 0 Å². The lowest BCUT2D eigenvalue weighted by Gasteiger charge is -2.35. The second-order valence-corrected chi connectivity index (χ2v) is 4.99. The monoisotopic (exact) mass is 315 g/mol. The number of rotatable bonds is 2. The van der Waals surface area contributed by atoms with E-state index in [1.165, 1.54) is 12.1 Å². The fraction of sp³-hybridized carbons (Fsp3) is 0.462. The molecule has 2 rings (SSSR count). The van der Waals surface area contributed by atoms with Gasteiger partial charge in [0.2, 0.25) is 0 Å². The highest BCUT2D eigenvalue weighted by Gasteiger charge is 2.27. The highest BCUT2D eigenvalue weighted by Crippen LogP contribution is 2.17. The van der Waals surface area contributed by atoms with Crippen LogP contribution in [0.2, 0.25) is 0 Å². The van der Waals surface area contributed by atoms with Crippen molar-refractivity contribution in [3.05, 3.63) is 35.1 Å². The van der Waals surface area contributed by atoms with Crippen LogP contribution in [0.3, 0.4) is 0 Å². The van der Waals surface area contributed by atoms with Gasteiger partial charge in [-0.25, -0.2) is 4.39 Å². The Balaban J connectivity index is 2.24. The van der Waals surface area contributed by atoms with Crippen molar-refractivity contribution in [1.29, 1.82) is 0 Å². The van der Waals surface area contributed by atoms with E-state index in [0.717, 1.165) is 0 Å². The van der Waals surface area contributed by atoms with Gasteiger partial charge in [-0.3, -0.25) is 4.79 Å². The molecule has 18 heavy (non-hydrogen) atoms. The Hall–Kier alpha value is -0.940. The summed E-state index contributed by atoms with van der Waals surface area (Å²) < 4.78 is 18.4. The van der Waals surface area contributed by atoms with E-state index >= 15 is 0 Å². The third-order valence-corrected chi connectivity index (χ3v) is 3.83. The summed E-state index contributed by atoms with van der Waals surface area (Å²) in [5.41, 5.74) is 1.23. The Morgan fingerprint density at radius 3 is 3.06 bits per heavy atom. The molecule has 1 aromatic carbocycles. The molecular weight excluding hydrogens is 301 g/mol. The summed E-state index contributed by atoms with van der Waals surface area (Å²) in [6, 6.07) is 4.30. The van der Waals surface area contributed by atoms with E-state index in [9.17, 15) is 9.18 Å². The largest absolute Gasteiger partial charge is 0.377 e. The summed E-state index contributed by atoms with van der Waals surface area (Å²) in [6.45, 7) is 3.42. The maximum absolute atomic E-state index is 13.0. The van der Waals surface area contributed by atoms with Crippen molar-refractivity contribution >= 4 is 21.8 Å². The molecule has 1 fully saturated rings. The number of ether oxygens (including phenoxy) is 1. The molecular formula is C13H15BrFNO2. The SMILES string of the molecule is Cc1cc(F)ccc1C(=O)N1CCOCC1CBr. The van der Waals surface area contributed by atoms with Gasteiger partial charge in [0.25, 0.3) is 5.91 Å². The summed E-state index contributed by atoms with van der Waals surface area (Å²) in [4.78, 5) is 14.2. The lowest BCUT2D eigenvalue weighted by Crippen LogP contribution is -2.49. The van der Waals surface area contributed by atoms with Gasteiger partial charge in [-0.2, -0.15) is 0 Å². The van der Waals surface area contributed by atoms with Crippen molar-refractivity contribution in [2.75, 3.05) is 25.1 Å².